The number of nitrogens with zero attached hydrogens (tertiary/aromatic N) is 1. The molecule has 1 atom stereocenters. The minimum Gasteiger partial charge on any atom is -0.346 e. The molecule has 1 aromatic rings. The maximum Gasteiger partial charge on any atom is 0.154 e. The second-order valence-electron chi connectivity index (χ2n) is 4.74. The first kappa shape index (κ1) is 13.3. The van der Waals surface area contributed by atoms with Crippen LogP contribution in [0.15, 0.2) is 42.7 Å². The van der Waals surface area contributed by atoms with Crippen LogP contribution in [0.25, 0.3) is 6.08 Å². The van der Waals surface area contributed by atoms with Crippen molar-refractivity contribution in [2.75, 3.05) is 0 Å². The van der Waals surface area contributed by atoms with Crippen molar-refractivity contribution in [2.45, 2.75) is 26.3 Å². The van der Waals surface area contributed by atoms with Crippen molar-refractivity contribution >= 4 is 17.6 Å². The van der Waals surface area contributed by atoms with Gasteiger partial charge >= 0.3 is 0 Å². The van der Waals surface area contributed by atoms with Gasteiger partial charge in [-0.15, -0.1) is 0 Å². The van der Waals surface area contributed by atoms with Gasteiger partial charge in [0.2, 0.25) is 0 Å². The Morgan fingerprint density at radius 3 is 2.68 bits per heavy atom. The fraction of sp³-hybridized carbons (Fsp3) is 0.250. The summed E-state index contributed by atoms with van der Waals surface area (Å²) in [5.74, 6) is 0.130. The molecule has 0 radical (unpaired) electrons. The highest BCUT2D eigenvalue weighted by Crippen LogP contribution is 2.32. The predicted molar refractivity (Wildman–Crippen MR) is 75.2 cm³/mol. The average Bonchev–Trinajstić information content (AvgIpc) is 2.37. The Hall–Kier alpha value is -2.16. The molecular formula is C16H17NO2. The molecule has 0 aliphatic carbocycles. The molecule has 0 bridgehead atoms. The minimum absolute atomic E-state index is 0.00571. The van der Waals surface area contributed by atoms with Crippen molar-refractivity contribution < 1.29 is 9.59 Å². The van der Waals surface area contributed by atoms with Gasteiger partial charge < -0.3 is 4.90 Å². The first-order chi connectivity index (χ1) is 9.08. The molecule has 0 fully saturated rings. The summed E-state index contributed by atoms with van der Waals surface area (Å²) in [6, 6.07) is 7.98. The first-order valence-corrected chi connectivity index (χ1v) is 6.30. The summed E-state index contributed by atoms with van der Waals surface area (Å²) in [4.78, 5) is 24.4. The maximum absolute atomic E-state index is 11.5. The number of Topliss-reactive ketones (excluding diaryl/α,β-unsaturated/α-hetero) is 1. The summed E-state index contributed by atoms with van der Waals surface area (Å²) in [7, 11) is 0. The van der Waals surface area contributed by atoms with Crippen LogP contribution in [0.4, 0.5) is 0 Å². The van der Waals surface area contributed by atoms with Crippen molar-refractivity contribution in [1.29, 1.82) is 0 Å². The van der Waals surface area contributed by atoms with E-state index in [0.29, 0.717) is 6.42 Å². The normalized spacial score (nSPS) is 17.6. The van der Waals surface area contributed by atoms with Gasteiger partial charge in [0.15, 0.2) is 5.78 Å². The van der Waals surface area contributed by atoms with Crippen LogP contribution in [0, 0.1) is 0 Å². The Balaban J connectivity index is 2.35. The molecule has 2 rings (SSSR count). The van der Waals surface area contributed by atoms with Crippen LogP contribution in [0.3, 0.4) is 0 Å². The zero-order valence-electron chi connectivity index (χ0n) is 11.2. The Morgan fingerprint density at radius 2 is 2.00 bits per heavy atom. The van der Waals surface area contributed by atoms with Crippen molar-refractivity contribution in [3.05, 3.63) is 53.9 Å². The van der Waals surface area contributed by atoms with Gasteiger partial charge in [-0.3, -0.25) is 9.59 Å². The number of fused-ring (bicyclic) bond motifs is 1. The molecular weight excluding hydrogens is 238 g/mol. The minimum atomic E-state index is -0.0331. The van der Waals surface area contributed by atoms with E-state index in [4.69, 9.17) is 0 Å². The summed E-state index contributed by atoms with van der Waals surface area (Å²) in [5.41, 5.74) is 2.25. The van der Waals surface area contributed by atoms with Crippen molar-refractivity contribution in [3.63, 3.8) is 0 Å². The van der Waals surface area contributed by atoms with E-state index in [1.165, 1.54) is 13.0 Å². The summed E-state index contributed by atoms with van der Waals surface area (Å²) in [6.45, 7) is 3.10. The number of hydrogen-bond donors (Lipinski definition) is 0. The molecule has 1 aliphatic rings. The van der Waals surface area contributed by atoms with Crippen LogP contribution in [0.2, 0.25) is 0 Å². The number of hydrogen-bond acceptors (Lipinski definition) is 3. The third-order valence-electron chi connectivity index (χ3n) is 3.10. The topological polar surface area (TPSA) is 37.4 Å². The van der Waals surface area contributed by atoms with Crippen LogP contribution < -0.4 is 0 Å². The van der Waals surface area contributed by atoms with E-state index >= 15 is 0 Å². The Bertz CT molecular complexity index is 558. The highest BCUT2D eigenvalue weighted by Gasteiger charge is 2.23. The van der Waals surface area contributed by atoms with Gasteiger partial charge in [-0.25, -0.2) is 0 Å². The van der Waals surface area contributed by atoms with E-state index in [0.717, 1.165) is 11.1 Å². The highest BCUT2D eigenvalue weighted by molar-refractivity contribution is 5.87. The number of rotatable bonds is 4. The summed E-state index contributed by atoms with van der Waals surface area (Å²) >= 11 is 0. The monoisotopic (exact) mass is 255 g/mol. The van der Waals surface area contributed by atoms with Gasteiger partial charge in [-0.2, -0.15) is 0 Å². The lowest BCUT2D eigenvalue weighted by Crippen LogP contribution is -2.24. The summed E-state index contributed by atoms with van der Waals surface area (Å²) < 4.78 is 0. The van der Waals surface area contributed by atoms with Crippen molar-refractivity contribution in [2.24, 2.45) is 0 Å². The van der Waals surface area contributed by atoms with E-state index < -0.39 is 0 Å². The lowest BCUT2D eigenvalue weighted by atomic mass is 9.93. The van der Waals surface area contributed by atoms with Crippen LogP contribution in [0.1, 0.15) is 37.4 Å². The number of allylic oxidation sites excluding steroid dienone is 1. The van der Waals surface area contributed by atoms with E-state index in [2.05, 4.69) is 0 Å². The number of ketones is 2. The van der Waals surface area contributed by atoms with E-state index in [-0.39, 0.29) is 17.6 Å². The van der Waals surface area contributed by atoms with Gasteiger partial charge in [-0.05, 0) is 37.1 Å². The van der Waals surface area contributed by atoms with Crippen molar-refractivity contribution in [3.8, 4) is 0 Å². The Labute approximate surface area is 113 Å². The lowest BCUT2D eigenvalue weighted by Gasteiger charge is -2.31. The molecule has 0 saturated carbocycles. The van der Waals surface area contributed by atoms with Crippen LogP contribution in [0.5, 0.6) is 0 Å². The molecule has 3 nitrogen and oxygen atoms in total. The van der Waals surface area contributed by atoms with Crippen LogP contribution >= 0.6 is 0 Å². The molecule has 0 amide bonds. The molecule has 1 aromatic carbocycles. The number of carbonyl (C=O) groups excluding carboxylic acids is 2. The van der Waals surface area contributed by atoms with Gasteiger partial charge in [0.05, 0.1) is 6.04 Å². The molecule has 0 aromatic heterocycles. The fourth-order valence-corrected chi connectivity index (χ4v) is 2.23. The molecule has 0 spiro atoms. The molecule has 19 heavy (non-hydrogen) atoms. The lowest BCUT2D eigenvalue weighted by molar-refractivity contribution is -0.118. The van der Waals surface area contributed by atoms with Gasteiger partial charge in [0.25, 0.3) is 0 Å². The number of carbonyl (C=O) groups is 2. The Morgan fingerprint density at radius 1 is 1.26 bits per heavy atom. The second-order valence-corrected chi connectivity index (χ2v) is 4.74. The molecule has 0 saturated heterocycles. The zero-order chi connectivity index (χ0) is 13.8. The smallest absolute Gasteiger partial charge is 0.154 e. The molecule has 1 heterocycles. The molecule has 0 N–H and O–H groups in total. The van der Waals surface area contributed by atoms with Gasteiger partial charge in [-0.1, -0.05) is 24.3 Å². The summed E-state index contributed by atoms with van der Waals surface area (Å²) in [5, 5.41) is 0. The largest absolute Gasteiger partial charge is 0.346 e. The summed E-state index contributed by atoms with van der Waals surface area (Å²) in [6.07, 6.45) is 7.60. The van der Waals surface area contributed by atoms with E-state index in [9.17, 15) is 9.59 Å². The SMILES string of the molecule is CC(=O)/C=C\N1C=Cc2ccccc2C1CC(C)=O. The Kier molecular flexibility index (Phi) is 3.95. The average molecular weight is 255 g/mol. The van der Waals surface area contributed by atoms with Crippen LogP contribution in [-0.2, 0) is 9.59 Å². The van der Waals surface area contributed by atoms with E-state index in [1.54, 1.807) is 13.1 Å². The molecule has 1 unspecified atom stereocenters. The molecule has 98 valence electrons. The fourth-order valence-electron chi connectivity index (χ4n) is 2.23. The van der Waals surface area contributed by atoms with Crippen LogP contribution in [-0.4, -0.2) is 16.5 Å². The standard InChI is InChI=1S/C16H17NO2/c1-12(18)7-9-17-10-8-14-5-3-4-6-15(14)16(17)11-13(2)19/h3-10,16H,11H2,1-2H3/b9-7-. The quantitative estimate of drug-likeness (QED) is 0.776. The maximum atomic E-state index is 11.5. The van der Waals surface area contributed by atoms with E-state index in [1.807, 2.05) is 41.4 Å². The molecule has 3 heteroatoms. The first-order valence-electron chi connectivity index (χ1n) is 6.30. The zero-order valence-corrected chi connectivity index (χ0v) is 11.2. The number of benzene rings is 1. The molecule has 1 aliphatic heterocycles. The van der Waals surface area contributed by atoms with Gasteiger partial charge in [0, 0.05) is 18.8 Å². The highest BCUT2D eigenvalue weighted by atomic mass is 16.1. The van der Waals surface area contributed by atoms with Crippen molar-refractivity contribution in [1.82, 2.24) is 4.90 Å². The third-order valence-corrected chi connectivity index (χ3v) is 3.10. The van der Waals surface area contributed by atoms with Gasteiger partial charge in [0.1, 0.15) is 5.78 Å². The third kappa shape index (κ3) is 3.19. The second kappa shape index (κ2) is 5.65. The predicted octanol–water partition coefficient (Wildman–Crippen LogP) is 3.10.